The van der Waals surface area contributed by atoms with E-state index < -0.39 is 0 Å². The van der Waals surface area contributed by atoms with Gasteiger partial charge < -0.3 is 18.9 Å². The predicted molar refractivity (Wildman–Crippen MR) is 149 cm³/mol. The van der Waals surface area contributed by atoms with Crippen molar-refractivity contribution in [3.8, 4) is 22.6 Å². The van der Waals surface area contributed by atoms with Crippen LogP contribution in [0.2, 0.25) is 0 Å². The molecule has 0 radical (unpaired) electrons. The molecule has 0 saturated heterocycles. The number of hydrogen-bond donors (Lipinski definition) is 2. The molecule has 1 aliphatic rings. The minimum absolute atomic E-state index is 0.135. The second-order valence-corrected chi connectivity index (χ2v) is 10.3. The lowest BCUT2D eigenvalue weighted by atomic mass is 10.0. The van der Waals surface area contributed by atoms with Gasteiger partial charge in [-0.15, -0.1) is 0 Å². The summed E-state index contributed by atoms with van der Waals surface area (Å²) < 4.78 is 19.8. The molecule has 0 aliphatic heterocycles. The molecule has 1 saturated carbocycles. The highest BCUT2D eigenvalue weighted by molar-refractivity contribution is 6.14. The molecule has 0 spiro atoms. The van der Waals surface area contributed by atoms with E-state index in [0.29, 0.717) is 40.2 Å². The van der Waals surface area contributed by atoms with E-state index in [1.165, 1.54) is 25.0 Å². The number of ether oxygens (including phenoxy) is 2. The molecule has 8 nitrogen and oxygen atoms in total. The van der Waals surface area contributed by atoms with Gasteiger partial charge >= 0.3 is 0 Å². The Hall–Kier alpha value is -4.20. The number of methoxy groups -OCH3 is 1. The van der Waals surface area contributed by atoms with Crippen molar-refractivity contribution in [3.63, 3.8) is 0 Å². The number of rotatable bonds is 6. The van der Waals surface area contributed by atoms with Gasteiger partial charge in [0.2, 0.25) is 0 Å². The molecule has 38 heavy (non-hydrogen) atoms. The molecule has 2 aromatic carbocycles. The molecular formula is C30H31N3O5. The quantitative estimate of drug-likeness (QED) is 0.201. The maximum absolute atomic E-state index is 13.6. The SMILES string of the molecule is C=C(C)COc1ccc(-c2c3oc4cc(=O)ccc4c3[nH]c3c2c(=O)[nH]n3C2CCCCCC2)cc1OC. The average Bonchev–Trinajstić information content (AvgIpc) is 3.28. The number of benzene rings is 2. The van der Waals surface area contributed by atoms with E-state index in [1.807, 2.05) is 29.8 Å². The highest BCUT2D eigenvalue weighted by atomic mass is 16.5. The van der Waals surface area contributed by atoms with Crippen molar-refractivity contribution in [3.05, 3.63) is 69.1 Å². The van der Waals surface area contributed by atoms with E-state index in [0.717, 1.165) is 53.4 Å². The first kappa shape index (κ1) is 24.2. The normalized spacial score (nSPS) is 14.8. The van der Waals surface area contributed by atoms with Gasteiger partial charge in [-0.2, -0.15) is 0 Å². The number of pyridine rings is 1. The summed E-state index contributed by atoms with van der Waals surface area (Å²) in [5.41, 5.74) is 4.42. The minimum atomic E-state index is -0.191. The molecule has 196 valence electrons. The highest BCUT2D eigenvalue weighted by Crippen LogP contribution is 2.41. The number of H-pyrrole nitrogens is 2. The predicted octanol–water partition coefficient (Wildman–Crippen LogP) is 6.44. The van der Waals surface area contributed by atoms with Crippen LogP contribution in [-0.4, -0.2) is 28.5 Å². The van der Waals surface area contributed by atoms with Gasteiger partial charge in [0.15, 0.2) is 22.5 Å². The number of aromatic nitrogens is 3. The second-order valence-electron chi connectivity index (χ2n) is 10.3. The Morgan fingerprint density at radius 1 is 1.08 bits per heavy atom. The van der Waals surface area contributed by atoms with Crippen molar-refractivity contribution in [2.45, 2.75) is 51.5 Å². The zero-order valence-corrected chi connectivity index (χ0v) is 21.7. The fourth-order valence-corrected chi connectivity index (χ4v) is 5.62. The van der Waals surface area contributed by atoms with Crippen molar-refractivity contribution in [1.29, 1.82) is 0 Å². The van der Waals surface area contributed by atoms with Crippen molar-refractivity contribution in [2.75, 3.05) is 13.7 Å². The lowest BCUT2D eigenvalue weighted by molar-refractivity contribution is 0.320. The molecule has 8 heteroatoms. The highest BCUT2D eigenvalue weighted by Gasteiger charge is 2.25. The summed E-state index contributed by atoms with van der Waals surface area (Å²) in [5.74, 6) is 1.12. The third-order valence-corrected chi connectivity index (χ3v) is 7.42. The van der Waals surface area contributed by atoms with Crippen LogP contribution in [0.25, 0.3) is 44.2 Å². The second kappa shape index (κ2) is 9.59. The van der Waals surface area contributed by atoms with E-state index in [-0.39, 0.29) is 17.0 Å². The molecule has 1 fully saturated rings. The molecule has 3 heterocycles. The van der Waals surface area contributed by atoms with Gasteiger partial charge in [-0.05, 0) is 55.2 Å². The monoisotopic (exact) mass is 513 g/mol. The summed E-state index contributed by atoms with van der Waals surface area (Å²) in [5, 5.41) is 4.43. The lowest BCUT2D eigenvalue weighted by Crippen LogP contribution is -2.13. The summed E-state index contributed by atoms with van der Waals surface area (Å²) in [6.45, 7) is 6.17. The van der Waals surface area contributed by atoms with Crippen LogP contribution >= 0.6 is 0 Å². The number of nitrogens with zero attached hydrogens (tertiary/aromatic N) is 1. The van der Waals surface area contributed by atoms with Crippen LogP contribution in [0.5, 0.6) is 11.5 Å². The maximum Gasteiger partial charge on any atom is 0.274 e. The smallest absolute Gasteiger partial charge is 0.274 e. The lowest BCUT2D eigenvalue weighted by Gasteiger charge is -2.17. The fraction of sp³-hybridized carbons (Fsp3) is 0.333. The Balaban J connectivity index is 1.65. The molecule has 0 bridgehead atoms. The third kappa shape index (κ3) is 4.10. The van der Waals surface area contributed by atoms with Gasteiger partial charge in [0.05, 0.1) is 24.1 Å². The van der Waals surface area contributed by atoms with E-state index in [2.05, 4.69) is 16.7 Å². The van der Waals surface area contributed by atoms with Crippen LogP contribution in [0.4, 0.5) is 0 Å². The van der Waals surface area contributed by atoms with Crippen molar-refractivity contribution >= 4 is 33.1 Å². The maximum atomic E-state index is 13.6. The van der Waals surface area contributed by atoms with Gasteiger partial charge in [-0.25, -0.2) is 0 Å². The average molecular weight is 514 g/mol. The molecule has 3 aromatic heterocycles. The largest absolute Gasteiger partial charge is 0.493 e. The number of nitrogens with one attached hydrogen (secondary N) is 2. The summed E-state index contributed by atoms with van der Waals surface area (Å²) in [6, 6.07) is 10.6. The van der Waals surface area contributed by atoms with E-state index in [1.54, 1.807) is 13.2 Å². The molecular weight excluding hydrogens is 482 g/mol. The first-order valence-electron chi connectivity index (χ1n) is 13.1. The Morgan fingerprint density at radius 2 is 1.87 bits per heavy atom. The Morgan fingerprint density at radius 3 is 2.61 bits per heavy atom. The first-order chi connectivity index (χ1) is 18.4. The van der Waals surface area contributed by atoms with Crippen molar-refractivity contribution in [2.24, 2.45) is 0 Å². The molecule has 6 rings (SSSR count). The number of fused-ring (bicyclic) bond motifs is 4. The van der Waals surface area contributed by atoms with E-state index in [4.69, 9.17) is 13.9 Å². The zero-order valence-electron chi connectivity index (χ0n) is 21.7. The molecule has 2 N–H and O–H groups in total. The Kier molecular flexibility index (Phi) is 6.10. The van der Waals surface area contributed by atoms with Crippen LogP contribution in [0.1, 0.15) is 51.5 Å². The number of furan rings is 1. The molecule has 5 aromatic rings. The molecule has 0 amide bonds. The molecule has 0 atom stereocenters. The van der Waals surface area contributed by atoms with E-state index >= 15 is 0 Å². The van der Waals surface area contributed by atoms with Crippen LogP contribution in [0, 0.1) is 0 Å². The Labute approximate surface area is 218 Å². The van der Waals surface area contributed by atoms with Crippen LogP contribution in [0.15, 0.2) is 62.6 Å². The standard InChI is InChI=1S/C30H31N3O5/c1-17(2)16-37-22-13-10-18(14-24(22)36-3)25-26-29(33(32-30(26)35)19-8-6-4-5-7-9-19)31-27-21-12-11-20(34)15-23(21)38-28(25)27/h10-15,19,31H,1,4-9,16H2,2-3H3,(H,32,35). The first-order valence-corrected chi connectivity index (χ1v) is 13.1. The van der Waals surface area contributed by atoms with Gasteiger partial charge in [0.25, 0.3) is 5.56 Å². The minimum Gasteiger partial charge on any atom is -0.493 e. The number of aromatic amines is 2. The summed E-state index contributed by atoms with van der Waals surface area (Å²) in [7, 11) is 1.59. The van der Waals surface area contributed by atoms with Crippen LogP contribution in [-0.2, 0) is 0 Å². The molecule has 1 aliphatic carbocycles. The van der Waals surface area contributed by atoms with Crippen molar-refractivity contribution < 1.29 is 13.9 Å². The van der Waals surface area contributed by atoms with Crippen molar-refractivity contribution in [1.82, 2.24) is 14.8 Å². The van der Waals surface area contributed by atoms with Crippen LogP contribution in [0.3, 0.4) is 0 Å². The van der Waals surface area contributed by atoms with Gasteiger partial charge in [-0.1, -0.05) is 38.3 Å². The van der Waals surface area contributed by atoms with Crippen LogP contribution < -0.4 is 20.5 Å². The number of hydrogen-bond acceptors (Lipinski definition) is 5. The molecule has 0 unspecified atom stereocenters. The summed E-state index contributed by atoms with van der Waals surface area (Å²) in [4.78, 5) is 29.2. The van der Waals surface area contributed by atoms with Gasteiger partial charge in [0, 0.05) is 17.0 Å². The Bertz CT molecular complexity index is 1790. The fourth-order valence-electron chi connectivity index (χ4n) is 5.62. The third-order valence-electron chi connectivity index (χ3n) is 7.42. The van der Waals surface area contributed by atoms with Gasteiger partial charge in [-0.3, -0.25) is 19.4 Å². The van der Waals surface area contributed by atoms with Gasteiger partial charge in [0.1, 0.15) is 17.8 Å². The van der Waals surface area contributed by atoms with E-state index in [9.17, 15) is 9.59 Å². The summed E-state index contributed by atoms with van der Waals surface area (Å²) in [6.07, 6.45) is 6.70. The topological polar surface area (TPSA) is 102 Å². The summed E-state index contributed by atoms with van der Waals surface area (Å²) >= 11 is 0. The zero-order chi connectivity index (χ0) is 26.4.